The number of nitrogens with zero attached hydrogens (tertiary/aromatic N) is 3. The standard InChI is InChI=1S/C24H31ClN4O4/c1-16-11-19(4-5-20(16)23(31)28-21-14-32-15-22(21)30)33-10-2-3-17-6-8-29(9-7-17)24-26-12-18(25)13-27-24/h4-5,11-13,17,21-22,30H,2-3,6-10,14-15H2,1H3,(H,28,31)/t21-,22-/m1/s1. The summed E-state index contributed by atoms with van der Waals surface area (Å²) in [5.41, 5.74) is 1.42. The molecule has 2 aromatic rings. The van der Waals surface area contributed by atoms with Gasteiger partial charge in [0.2, 0.25) is 5.95 Å². The Morgan fingerprint density at radius 1 is 1.27 bits per heavy atom. The minimum Gasteiger partial charge on any atom is -0.494 e. The molecule has 1 aromatic heterocycles. The van der Waals surface area contributed by atoms with Crippen LogP contribution < -0.4 is 15.0 Å². The van der Waals surface area contributed by atoms with Gasteiger partial charge in [0.1, 0.15) is 5.75 Å². The van der Waals surface area contributed by atoms with Crippen LogP contribution >= 0.6 is 11.6 Å². The number of amides is 1. The summed E-state index contributed by atoms with van der Waals surface area (Å²) in [7, 11) is 0. The third kappa shape index (κ3) is 6.34. The van der Waals surface area contributed by atoms with Gasteiger partial charge in [-0.15, -0.1) is 0 Å². The fourth-order valence-corrected chi connectivity index (χ4v) is 4.46. The Labute approximate surface area is 199 Å². The first kappa shape index (κ1) is 23.7. The van der Waals surface area contributed by atoms with Crippen LogP contribution in [0.3, 0.4) is 0 Å². The van der Waals surface area contributed by atoms with E-state index in [9.17, 15) is 9.90 Å². The third-order valence-electron chi connectivity index (χ3n) is 6.34. The van der Waals surface area contributed by atoms with Crippen molar-refractivity contribution in [3.8, 4) is 5.75 Å². The van der Waals surface area contributed by atoms with Gasteiger partial charge in [-0.1, -0.05) is 11.6 Å². The van der Waals surface area contributed by atoms with Gasteiger partial charge < -0.3 is 24.8 Å². The van der Waals surface area contributed by atoms with Crippen molar-refractivity contribution in [1.82, 2.24) is 15.3 Å². The quantitative estimate of drug-likeness (QED) is 0.567. The Kier molecular flexibility index (Phi) is 8.01. The van der Waals surface area contributed by atoms with E-state index in [0.29, 0.717) is 29.7 Å². The number of halogens is 1. The van der Waals surface area contributed by atoms with Gasteiger partial charge >= 0.3 is 0 Å². The van der Waals surface area contributed by atoms with E-state index >= 15 is 0 Å². The maximum absolute atomic E-state index is 12.5. The minimum absolute atomic E-state index is 0.205. The molecule has 0 spiro atoms. The lowest BCUT2D eigenvalue weighted by Gasteiger charge is -2.31. The van der Waals surface area contributed by atoms with Crippen LogP contribution in [0.1, 0.15) is 41.6 Å². The highest BCUT2D eigenvalue weighted by atomic mass is 35.5. The molecule has 1 aromatic carbocycles. The lowest BCUT2D eigenvalue weighted by atomic mass is 9.92. The molecule has 0 saturated carbocycles. The van der Waals surface area contributed by atoms with E-state index in [-0.39, 0.29) is 18.6 Å². The molecule has 0 radical (unpaired) electrons. The summed E-state index contributed by atoms with van der Waals surface area (Å²) < 4.78 is 11.1. The third-order valence-corrected chi connectivity index (χ3v) is 6.53. The number of benzene rings is 1. The average molecular weight is 475 g/mol. The maximum Gasteiger partial charge on any atom is 0.251 e. The molecule has 0 unspecified atom stereocenters. The van der Waals surface area contributed by atoms with Gasteiger partial charge in [0, 0.05) is 18.7 Å². The average Bonchev–Trinajstić information content (AvgIpc) is 3.22. The molecule has 1 amide bonds. The van der Waals surface area contributed by atoms with Crippen molar-refractivity contribution >= 4 is 23.5 Å². The molecule has 4 rings (SSSR count). The minimum atomic E-state index is -0.658. The molecule has 2 aliphatic heterocycles. The molecule has 2 saturated heterocycles. The zero-order valence-electron chi connectivity index (χ0n) is 18.9. The van der Waals surface area contributed by atoms with Crippen molar-refractivity contribution in [3.63, 3.8) is 0 Å². The Morgan fingerprint density at radius 3 is 2.70 bits per heavy atom. The Morgan fingerprint density at radius 2 is 2.03 bits per heavy atom. The predicted octanol–water partition coefficient (Wildman–Crippen LogP) is 3.00. The van der Waals surface area contributed by atoms with Gasteiger partial charge in [-0.05, 0) is 62.3 Å². The molecular weight excluding hydrogens is 444 g/mol. The summed E-state index contributed by atoms with van der Waals surface area (Å²) in [6.45, 7) is 5.05. The van der Waals surface area contributed by atoms with Crippen LogP contribution in [0.4, 0.5) is 5.95 Å². The molecule has 2 atom stereocenters. The molecule has 9 heteroatoms. The second kappa shape index (κ2) is 11.1. The first-order valence-corrected chi connectivity index (χ1v) is 11.9. The summed E-state index contributed by atoms with van der Waals surface area (Å²) >= 11 is 5.87. The smallest absolute Gasteiger partial charge is 0.251 e. The fourth-order valence-electron chi connectivity index (χ4n) is 4.36. The Bertz CT molecular complexity index is 935. The first-order valence-electron chi connectivity index (χ1n) is 11.5. The van der Waals surface area contributed by atoms with Gasteiger partial charge in [-0.2, -0.15) is 0 Å². The fraction of sp³-hybridized carbons (Fsp3) is 0.542. The van der Waals surface area contributed by atoms with E-state index in [0.717, 1.165) is 56.0 Å². The van der Waals surface area contributed by atoms with Crippen molar-refractivity contribution in [3.05, 3.63) is 46.7 Å². The summed E-state index contributed by atoms with van der Waals surface area (Å²) in [5.74, 6) is 1.99. The van der Waals surface area contributed by atoms with E-state index in [4.69, 9.17) is 21.1 Å². The molecule has 2 fully saturated rings. The molecule has 0 aliphatic carbocycles. The van der Waals surface area contributed by atoms with E-state index in [2.05, 4.69) is 20.2 Å². The monoisotopic (exact) mass is 474 g/mol. The van der Waals surface area contributed by atoms with Crippen molar-refractivity contribution in [2.45, 2.75) is 44.8 Å². The number of aromatic nitrogens is 2. The number of rotatable bonds is 8. The summed E-state index contributed by atoms with van der Waals surface area (Å²) in [4.78, 5) is 23.3. The van der Waals surface area contributed by atoms with E-state index in [1.54, 1.807) is 18.5 Å². The number of carbonyl (C=O) groups is 1. The maximum atomic E-state index is 12.5. The number of aliphatic hydroxyl groups is 1. The number of hydrogen-bond donors (Lipinski definition) is 2. The molecule has 2 aliphatic rings. The number of ether oxygens (including phenoxy) is 2. The number of aryl methyl sites for hydroxylation is 1. The van der Waals surface area contributed by atoms with Gasteiger partial charge in [0.15, 0.2) is 0 Å². The van der Waals surface area contributed by atoms with E-state index < -0.39 is 6.10 Å². The molecular formula is C24H31ClN4O4. The highest BCUT2D eigenvalue weighted by Gasteiger charge is 2.28. The van der Waals surface area contributed by atoms with Crippen molar-refractivity contribution < 1.29 is 19.4 Å². The molecule has 33 heavy (non-hydrogen) atoms. The van der Waals surface area contributed by atoms with Crippen molar-refractivity contribution in [2.24, 2.45) is 5.92 Å². The number of piperidine rings is 1. The molecule has 0 bridgehead atoms. The van der Waals surface area contributed by atoms with Crippen LogP contribution in [-0.4, -0.2) is 66.0 Å². The predicted molar refractivity (Wildman–Crippen MR) is 126 cm³/mol. The van der Waals surface area contributed by atoms with Gasteiger partial charge in [-0.25, -0.2) is 9.97 Å². The lowest BCUT2D eigenvalue weighted by molar-refractivity contribution is 0.0885. The highest BCUT2D eigenvalue weighted by Crippen LogP contribution is 2.25. The summed E-state index contributed by atoms with van der Waals surface area (Å²) in [6.07, 6.45) is 6.98. The number of anilines is 1. The van der Waals surface area contributed by atoms with Crippen molar-refractivity contribution in [2.75, 3.05) is 37.8 Å². The van der Waals surface area contributed by atoms with Crippen LogP contribution in [0.15, 0.2) is 30.6 Å². The van der Waals surface area contributed by atoms with Crippen molar-refractivity contribution in [1.29, 1.82) is 0 Å². The van der Waals surface area contributed by atoms with Crippen LogP contribution in [-0.2, 0) is 4.74 Å². The van der Waals surface area contributed by atoms with Gasteiger partial charge in [-0.3, -0.25) is 4.79 Å². The molecule has 2 N–H and O–H groups in total. The molecule has 178 valence electrons. The summed E-state index contributed by atoms with van der Waals surface area (Å²) in [5, 5.41) is 13.2. The largest absolute Gasteiger partial charge is 0.494 e. The zero-order chi connectivity index (χ0) is 23.2. The molecule has 3 heterocycles. The number of aliphatic hydroxyl groups excluding tert-OH is 1. The second-order valence-corrected chi connectivity index (χ2v) is 9.22. The SMILES string of the molecule is Cc1cc(OCCCC2CCN(c3ncc(Cl)cn3)CC2)ccc1C(=O)N[C@@H]1COC[C@H]1O. The van der Waals surface area contributed by atoms with Crippen LogP contribution in [0.25, 0.3) is 0 Å². The second-order valence-electron chi connectivity index (χ2n) is 8.78. The number of nitrogens with one attached hydrogen (secondary N) is 1. The highest BCUT2D eigenvalue weighted by molar-refractivity contribution is 6.30. The molecule has 8 nitrogen and oxygen atoms in total. The van der Waals surface area contributed by atoms with Crippen LogP contribution in [0.5, 0.6) is 5.75 Å². The zero-order valence-corrected chi connectivity index (χ0v) is 19.6. The topological polar surface area (TPSA) is 96.8 Å². The first-order chi connectivity index (χ1) is 16.0. The number of carbonyl (C=O) groups excluding carboxylic acids is 1. The summed E-state index contributed by atoms with van der Waals surface area (Å²) in [6, 6.07) is 5.13. The number of hydrogen-bond acceptors (Lipinski definition) is 7. The van der Waals surface area contributed by atoms with Gasteiger partial charge in [0.25, 0.3) is 5.91 Å². The lowest BCUT2D eigenvalue weighted by Crippen LogP contribution is -2.42. The van der Waals surface area contributed by atoms with E-state index in [1.165, 1.54) is 0 Å². The Hall–Kier alpha value is -2.42. The Balaban J connectivity index is 1.17. The van der Waals surface area contributed by atoms with E-state index in [1.807, 2.05) is 19.1 Å². The van der Waals surface area contributed by atoms with Gasteiger partial charge in [0.05, 0.1) is 49.4 Å². The van der Waals surface area contributed by atoms with Crippen LogP contribution in [0, 0.1) is 12.8 Å². The van der Waals surface area contributed by atoms with Crippen LogP contribution in [0.2, 0.25) is 5.02 Å². The normalized spacial score (nSPS) is 21.2.